The van der Waals surface area contributed by atoms with Crippen LogP contribution in [-0.4, -0.2) is 10.1 Å². The van der Waals surface area contributed by atoms with Gasteiger partial charge in [-0.2, -0.15) is 0 Å². The number of furan rings is 1. The van der Waals surface area contributed by atoms with Crippen LogP contribution in [0.25, 0.3) is 0 Å². The standard InChI is InChI=1S/C11H11NO2S/c1-8-10(4-5-14-8)15-11-3-2-9(7-13)6-12-11/h2-6,13H,7H2,1H3. The molecule has 0 spiro atoms. The average molecular weight is 221 g/mol. The molecule has 15 heavy (non-hydrogen) atoms. The van der Waals surface area contributed by atoms with Crippen molar-refractivity contribution in [3.63, 3.8) is 0 Å². The van der Waals surface area contributed by atoms with Gasteiger partial charge in [0, 0.05) is 6.20 Å². The van der Waals surface area contributed by atoms with E-state index in [1.165, 1.54) is 0 Å². The molecule has 0 aliphatic carbocycles. The Morgan fingerprint density at radius 3 is 2.80 bits per heavy atom. The van der Waals surface area contributed by atoms with Gasteiger partial charge in [0.15, 0.2) is 0 Å². The van der Waals surface area contributed by atoms with E-state index in [-0.39, 0.29) is 6.61 Å². The van der Waals surface area contributed by atoms with Gasteiger partial charge >= 0.3 is 0 Å². The first kappa shape index (κ1) is 10.3. The van der Waals surface area contributed by atoms with E-state index in [2.05, 4.69) is 4.98 Å². The van der Waals surface area contributed by atoms with E-state index in [0.717, 1.165) is 21.2 Å². The molecule has 0 amide bonds. The van der Waals surface area contributed by atoms with Crippen LogP contribution in [0.2, 0.25) is 0 Å². The minimum Gasteiger partial charge on any atom is -0.468 e. The van der Waals surface area contributed by atoms with Crippen LogP contribution in [0.15, 0.2) is 45.0 Å². The molecular weight excluding hydrogens is 210 g/mol. The van der Waals surface area contributed by atoms with Gasteiger partial charge in [-0.1, -0.05) is 17.8 Å². The molecule has 2 aromatic rings. The summed E-state index contributed by atoms with van der Waals surface area (Å²) < 4.78 is 5.19. The van der Waals surface area contributed by atoms with Gasteiger partial charge in [-0.15, -0.1) is 0 Å². The maximum Gasteiger partial charge on any atom is 0.114 e. The van der Waals surface area contributed by atoms with Crippen molar-refractivity contribution in [1.29, 1.82) is 0 Å². The molecule has 0 aliphatic heterocycles. The Morgan fingerprint density at radius 1 is 1.40 bits per heavy atom. The number of nitrogens with zero attached hydrogens (tertiary/aromatic N) is 1. The highest BCUT2D eigenvalue weighted by Gasteiger charge is 2.04. The smallest absolute Gasteiger partial charge is 0.114 e. The summed E-state index contributed by atoms with van der Waals surface area (Å²) in [7, 11) is 0. The van der Waals surface area contributed by atoms with Crippen LogP contribution in [0.4, 0.5) is 0 Å². The van der Waals surface area contributed by atoms with E-state index in [4.69, 9.17) is 9.52 Å². The van der Waals surface area contributed by atoms with Gasteiger partial charge in [0.1, 0.15) is 10.8 Å². The van der Waals surface area contributed by atoms with Gasteiger partial charge < -0.3 is 9.52 Å². The highest BCUT2D eigenvalue weighted by Crippen LogP contribution is 2.29. The second-order valence-corrected chi connectivity index (χ2v) is 4.17. The number of aliphatic hydroxyl groups excluding tert-OH is 1. The van der Waals surface area contributed by atoms with Gasteiger partial charge in [-0.05, 0) is 24.6 Å². The number of aryl methyl sites for hydroxylation is 1. The van der Waals surface area contributed by atoms with Gasteiger partial charge in [-0.3, -0.25) is 0 Å². The molecule has 0 atom stereocenters. The summed E-state index contributed by atoms with van der Waals surface area (Å²) in [4.78, 5) is 5.30. The first-order valence-electron chi connectivity index (χ1n) is 4.57. The van der Waals surface area contributed by atoms with E-state index in [9.17, 15) is 0 Å². The lowest BCUT2D eigenvalue weighted by molar-refractivity contribution is 0.281. The number of rotatable bonds is 3. The Hall–Kier alpha value is -1.26. The van der Waals surface area contributed by atoms with Gasteiger partial charge in [0.25, 0.3) is 0 Å². The third kappa shape index (κ3) is 2.40. The van der Waals surface area contributed by atoms with Gasteiger partial charge in [-0.25, -0.2) is 4.98 Å². The molecule has 0 radical (unpaired) electrons. The summed E-state index contributed by atoms with van der Waals surface area (Å²) in [6.45, 7) is 1.95. The molecule has 0 bridgehead atoms. The Morgan fingerprint density at radius 2 is 2.27 bits per heavy atom. The Labute approximate surface area is 92.1 Å². The lowest BCUT2D eigenvalue weighted by Gasteiger charge is -2.00. The van der Waals surface area contributed by atoms with Crippen LogP contribution in [-0.2, 0) is 6.61 Å². The molecule has 3 nitrogen and oxygen atoms in total. The van der Waals surface area contributed by atoms with E-state index < -0.39 is 0 Å². The summed E-state index contributed by atoms with van der Waals surface area (Å²) in [5.74, 6) is 0.896. The van der Waals surface area contributed by atoms with E-state index in [1.54, 1.807) is 24.2 Å². The van der Waals surface area contributed by atoms with E-state index in [0.29, 0.717) is 0 Å². The SMILES string of the molecule is Cc1occc1Sc1ccc(CO)cn1. The first-order chi connectivity index (χ1) is 7.29. The maximum absolute atomic E-state index is 8.87. The highest BCUT2D eigenvalue weighted by molar-refractivity contribution is 7.99. The Kier molecular flexibility index (Phi) is 3.08. The van der Waals surface area contributed by atoms with E-state index >= 15 is 0 Å². The zero-order valence-electron chi connectivity index (χ0n) is 8.30. The molecule has 0 aliphatic rings. The normalized spacial score (nSPS) is 10.5. The molecule has 0 fully saturated rings. The molecule has 78 valence electrons. The maximum atomic E-state index is 8.87. The summed E-state index contributed by atoms with van der Waals surface area (Å²) in [6.07, 6.45) is 3.34. The van der Waals surface area contributed by atoms with E-state index in [1.807, 2.05) is 25.1 Å². The van der Waals surface area contributed by atoms with Gasteiger partial charge in [0.2, 0.25) is 0 Å². The van der Waals surface area contributed by atoms with Crippen LogP contribution >= 0.6 is 11.8 Å². The summed E-state index contributed by atoms with van der Waals surface area (Å²) in [5.41, 5.74) is 0.822. The van der Waals surface area contributed by atoms with Crippen molar-refractivity contribution in [3.05, 3.63) is 42.0 Å². The summed E-state index contributed by atoms with van der Waals surface area (Å²) >= 11 is 1.55. The monoisotopic (exact) mass is 221 g/mol. The zero-order valence-corrected chi connectivity index (χ0v) is 9.12. The molecule has 2 aromatic heterocycles. The molecule has 2 heterocycles. The Balaban J connectivity index is 2.14. The van der Waals surface area contributed by atoms with Crippen LogP contribution in [0, 0.1) is 6.92 Å². The molecular formula is C11H11NO2S. The fourth-order valence-corrected chi connectivity index (χ4v) is 1.94. The van der Waals surface area contributed by atoms with Crippen molar-refractivity contribution in [1.82, 2.24) is 4.98 Å². The third-order valence-corrected chi connectivity index (χ3v) is 3.10. The summed E-state index contributed by atoms with van der Waals surface area (Å²) in [5, 5.41) is 9.77. The van der Waals surface area contributed by atoms with Crippen LogP contribution < -0.4 is 0 Å². The van der Waals surface area contributed by atoms with Crippen LogP contribution in [0.5, 0.6) is 0 Å². The molecule has 2 rings (SSSR count). The largest absolute Gasteiger partial charge is 0.468 e. The molecule has 0 saturated heterocycles. The predicted octanol–water partition coefficient (Wildman–Crippen LogP) is 2.63. The van der Waals surface area contributed by atoms with Crippen molar-refractivity contribution in [2.45, 2.75) is 23.5 Å². The van der Waals surface area contributed by atoms with Crippen LogP contribution in [0.1, 0.15) is 11.3 Å². The molecule has 0 unspecified atom stereocenters. The average Bonchev–Trinajstić information content (AvgIpc) is 2.66. The minimum atomic E-state index is 0.0304. The number of hydrogen-bond donors (Lipinski definition) is 1. The van der Waals surface area contributed by atoms with Crippen molar-refractivity contribution in [3.8, 4) is 0 Å². The number of aromatic nitrogens is 1. The minimum absolute atomic E-state index is 0.0304. The second-order valence-electron chi connectivity index (χ2n) is 3.11. The summed E-state index contributed by atoms with van der Waals surface area (Å²) in [6, 6.07) is 5.68. The quantitative estimate of drug-likeness (QED) is 0.865. The van der Waals surface area contributed by atoms with Crippen molar-refractivity contribution in [2.75, 3.05) is 0 Å². The Bertz CT molecular complexity index is 436. The lowest BCUT2D eigenvalue weighted by Crippen LogP contribution is -1.85. The molecule has 0 saturated carbocycles. The predicted molar refractivity (Wildman–Crippen MR) is 57.7 cm³/mol. The molecule has 0 aromatic carbocycles. The third-order valence-electron chi connectivity index (χ3n) is 2.01. The van der Waals surface area contributed by atoms with Gasteiger partial charge in [0.05, 0.1) is 17.8 Å². The van der Waals surface area contributed by atoms with Crippen molar-refractivity contribution < 1.29 is 9.52 Å². The zero-order chi connectivity index (χ0) is 10.7. The number of pyridine rings is 1. The first-order valence-corrected chi connectivity index (χ1v) is 5.39. The topological polar surface area (TPSA) is 46.3 Å². The molecule has 1 N–H and O–H groups in total. The molecule has 4 heteroatoms. The second kappa shape index (κ2) is 4.51. The van der Waals surface area contributed by atoms with Crippen molar-refractivity contribution in [2.24, 2.45) is 0 Å². The lowest BCUT2D eigenvalue weighted by atomic mass is 10.3. The van der Waals surface area contributed by atoms with Crippen molar-refractivity contribution >= 4 is 11.8 Å². The number of hydrogen-bond acceptors (Lipinski definition) is 4. The fourth-order valence-electron chi connectivity index (χ4n) is 1.16. The number of aliphatic hydroxyl groups is 1. The fraction of sp³-hybridized carbons (Fsp3) is 0.182. The van der Waals surface area contributed by atoms with Crippen LogP contribution in [0.3, 0.4) is 0 Å². The highest BCUT2D eigenvalue weighted by atomic mass is 32.2.